The van der Waals surface area contributed by atoms with Crippen LogP contribution in [0, 0.1) is 12.3 Å². The number of rotatable bonds is 2. The molecule has 3 rings (SSSR count). The summed E-state index contributed by atoms with van der Waals surface area (Å²) in [5.74, 6) is 0.0999. The zero-order valence-corrected chi connectivity index (χ0v) is 13.4. The third-order valence-electron chi connectivity index (χ3n) is 4.48. The number of carbonyl (C=O) groups is 1. The van der Waals surface area contributed by atoms with E-state index in [1.54, 1.807) is 17.2 Å². The van der Waals surface area contributed by atoms with Gasteiger partial charge >= 0.3 is 0 Å². The molecule has 0 spiro atoms. The number of amides is 1. The van der Waals surface area contributed by atoms with E-state index in [9.17, 15) is 4.79 Å². The molecule has 1 amide bonds. The second-order valence-corrected chi connectivity index (χ2v) is 6.85. The van der Waals surface area contributed by atoms with Gasteiger partial charge in [0.05, 0.1) is 11.3 Å². The van der Waals surface area contributed by atoms with Crippen LogP contribution in [0.25, 0.3) is 5.69 Å². The molecule has 5 heteroatoms. The summed E-state index contributed by atoms with van der Waals surface area (Å²) in [6, 6.07) is 5.92. The zero-order chi connectivity index (χ0) is 15.7. The van der Waals surface area contributed by atoms with Crippen LogP contribution in [0.15, 0.2) is 30.9 Å². The highest BCUT2D eigenvalue weighted by Gasteiger charge is 2.29. The monoisotopic (exact) mass is 298 g/mol. The van der Waals surface area contributed by atoms with Crippen molar-refractivity contribution in [2.75, 3.05) is 13.1 Å². The number of hydrogen-bond donors (Lipinski definition) is 0. The van der Waals surface area contributed by atoms with Crippen LogP contribution in [0.4, 0.5) is 0 Å². The largest absolute Gasteiger partial charge is 0.339 e. The molecule has 0 bridgehead atoms. The molecular formula is C17H22N4O. The Morgan fingerprint density at radius 2 is 1.77 bits per heavy atom. The molecule has 0 N–H and O–H groups in total. The molecule has 1 aromatic carbocycles. The van der Waals surface area contributed by atoms with Crippen LogP contribution < -0.4 is 0 Å². The average Bonchev–Trinajstić information content (AvgIpc) is 3.00. The maximum Gasteiger partial charge on any atom is 0.255 e. The van der Waals surface area contributed by atoms with Crippen molar-refractivity contribution in [2.24, 2.45) is 5.41 Å². The summed E-state index contributed by atoms with van der Waals surface area (Å²) in [5.41, 5.74) is 2.97. The second kappa shape index (κ2) is 5.55. The van der Waals surface area contributed by atoms with Crippen LogP contribution in [0.2, 0.25) is 0 Å². The summed E-state index contributed by atoms with van der Waals surface area (Å²) >= 11 is 0. The lowest BCUT2D eigenvalue weighted by molar-refractivity contribution is 0.0630. The van der Waals surface area contributed by atoms with Crippen molar-refractivity contribution in [3.8, 4) is 5.69 Å². The summed E-state index contributed by atoms with van der Waals surface area (Å²) in [4.78, 5) is 14.9. The SMILES string of the molecule is Cc1ccc(-n2cnnc2)c(C(=O)N2CCC(C)(C)CC2)c1. The molecule has 1 aliphatic rings. The van der Waals surface area contributed by atoms with Gasteiger partial charge in [-0.3, -0.25) is 9.36 Å². The first kappa shape index (κ1) is 14.8. The second-order valence-electron chi connectivity index (χ2n) is 6.85. The first-order valence-electron chi connectivity index (χ1n) is 7.71. The van der Waals surface area contributed by atoms with E-state index >= 15 is 0 Å². The van der Waals surface area contributed by atoms with Gasteiger partial charge in [-0.2, -0.15) is 0 Å². The molecule has 22 heavy (non-hydrogen) atoms. The van der Waals surface area contributed by atoms with Crippen LogP contribution in [0.5, 0.6) is 0 Å². The van der Waals surface area contributed by atoms with Crippen molar-refractivity contribution >= 4 is 5.91 Å². The predicted molar refractivity (Wildman–Crippen MR) is 85.0 cm³/mol. The highest BCUT2D eigenvalue weighted by molar-refractivity contribution is 5.98. The Morgan fingerprint density at radius 3 is 2.41 bits per heavy atom. The fraction of sp³-hybridized carbons (Fsp3) is 0.471. The Kier molecular flexibility index (Phi) is 3.72. The van der Waals surface area contributed by atoms with Crippen LogP contribution in [0.3, 0.4) is 0 Å². The Morgan fingerprint density at radius 1 is 1.14 bits per heavy atom. The van der Waals surface area contributed by atoms with E-state index < -0.39 is 0 Å². The lowest BCUT2D eigenvalue weighted by Crippen LogP contribution is -2.41. The smallest absolute Gasteiger partial charge is 0.255 e. The van der Waals surface area contributed by atoms with Crippen molar-refractivity contribution in [1.82, 2.24) is 19.7 Å². The number of hydrogen-bond acceptors (Lipinski definition) is 3. The molecule has 1 fully saturated rings. The number of piperidine rings is 1. The van der Waals surface area contributed by atoms with Crippen molar-refractivity contribution in [3.05, 3.63) is 42.0 Å². The molecule has 116 valence electrons. The molecule has 0 radical (unpaired) electrons. The van der Waals surface area contributed by atoms with Gasteiger partial charge in [0.25, 0.3) is 5.91 Å². The molecule has 2 aromatic rings. The summed E-state index contributed by atoms with van der Waals surface area (Å²) in [6.45, 7) is 8.18. The van der Waals surface area contributed by atoms with Crippen LogP contribution in [-0.2, 0) is 0 Å². The van der Waals surface area contributed by atoms with Crippen molar-refractivity contribution in [2.45, 2.75) is 33.6 Å². The van der Waals surface area contributed by atoms with E-state index in [1.807, 2.05) is 30.0 Å². The molecule has 1 aromatic heterocycles. The lowest BCUT2D eigenvalue weighted by atomic mass is 9.82. The molecule has 1 saturated heterocycles. The molecule has 2 heterocycles. The Balaban J connectivity index is 1.91. The van der Waals surface area contributed by atoms with Gasteiger partial charge in [-0.05, 0) is 37.3 Å². The van der Waals surface area contributed by atoms with E-state index in [0.717, 1.165) is 42.7 Å². The van der Waals surface area contributed by atoms with Crippen LogP contribution in [-0.4, -0.2) is 38.7 Å². The number of aromatic nitrogens is 3. The molecule has 0 atom stereocenters. The average molecular weight is 298 g/mol. The molecule has 0 unspecified atom stereocenters. The zero-order valence-electron chi connectivity index (χ0n) is 13.4. The maximum atomic E-state index is 13.0. The third-order valence-corrected chi connectivity index (χ3v) is 4.48. The molecular weight excluding hydrogens is 276 g/mol. The number of aryl methyl sites for hydroxylation is 1. The number of nitrogens with zero attached hydrogens (tertiary/aromatic N) is 4. The number of carbonyl (C=O) groups excluding carboxylic acids is 1. The van der Waals surface area contributed by atoms with Gasteiger partial charge in [0, 0.05) is 13.1 Å². The van der Waals surface area contributed by atoms with Crippen molar-refractivity contribution in [3.63, 3.8) is 0 Å². The Bertz CT molecular complexity index is 666. The topological polar surface area (TPSA) is 51.0 Å². The predicted octanol–water partition coefficient (Wildman–Crippen LogP) is 2.84. The van der Waals surface area contributed by atoms with Crippen LogP contribution in [0.1, 0.15) is 42.6 Å². The maximum absolute atomic E-state index is 13.0. The van der Waals surface area contributed by atoms with Crippen molar-refractivity contribution in [1.29, 1.82) is 0 Å². The fourth-order valence-corrected chi connectivity index (χ4v) is 2.86. The first-order valence-corrected chi connectivity index (χ1v) is 7.71. The molecule has 5 nitrogen and oxygen atoms in total. The molecule has 1 aliphatic heterocycles. The van der Waals surface area contributed by atoms with Gasteiger partial charge in [-0.1, -0.05) is 25.5 Å². The highest BCUT2D eigenvalue weighted by atomic mass is 16.2. The Hall–Kier alpha value is -2.17. The van der Waals surface area contributed by atoms with Gasteiger partial charge in [0.1, 0.15) is 12.7 Å². The van der Waals surface area contributed by atoms with Gasteiger partial charge in [0.15, 0.2) is 0 Å². The normalized spacial score (nSPS) is 17.5. The van der Waals surface area contributed by atoms with E-state index in [-0.39, 0.29) is 5.91 Å². The number of likely N-dealkylation sites (tertiary alicyclic amines) is 1. The minimum Gasteiger partial charge on any atom is -0.339 e. The van der Waals surface area contributed by atoms with E-state index in [2.05, 4.69) is 24.0 Å². The number of benzene rings is 1. The molecule has 0 saturated carbocycles. The summed E-state index contributed by atoms with van der Waals surface area (Å²) in [7, 11) is 0. The van der Waals surface area contributed by atoms with Crippen LogP contribution >= 0.6 is 0 Å². The highest BCUT2D eigenvalue weighted by Crippen LogP contribution is 2.31. The van der Waals surface area contributed by atoms with E-state index in [1.165, 1.54) is 0 Å². The minimum atomic E-state index is 0.0999. The first-order chi connectivity index (χ1) is 10.5. The van der Waals surface area contributed by atoms with Gasteiger partial charge in [-0.15, -0.1) is 10.2 Å². The summed E-state index contributed by atoms with van der Waals surface area (Å²) in [6.07, 6.45) is 5.35. The summed E-state index contributed by atoms with van der Waals surface area (Å²) in [5, 5.41) is 7.68. The standard InChI is InChI=1S/C17H22N4O/c1-13-4-5-15(21-11-18-19-12-21)14(10-13)16(22)20-8-6-17(2,3)7-9-20/h4-5,10-12H,6-9H2,1-3H3. The Labute approximate surface area is 131 Å². The summed E-state index contributed by atoms with van der Waals surface area (Å²) < 4.78 is 1.79. The van der Waals surface area contributed by atoms with Crippen molar-refractivity contribution < 1.29 is 4.79 Å². The van der Waals surface area contributed by atoms with E-state index in [0.29, 0.717) is 5.41 Å². The van der Waals surface area contributed by atoms with Gasteiger partial charge < -0.3 is 4.90 Å². The van der Waals surface area contributed by atoms with E-state index in [4.69, 9.17) is 0 Å². The quantitative estimate of drug-likeness (QED) is 0.856. The molecule has 0 aliphatic carbocycles. The lowest BCUT2D eigenvalue weighted by Gasteiger charge is -2.37. The van der Waals surface area contributed by atoms with Gasteiger partial charge in [-0.25, -0.2) is 0 Å². The van der Waals surface area contributed by atoms with Gasteiger partial charge in [0.2, 0.25) is 0 Å². The minimum absolute atomic E-state index is 0.0999. The fourth-order valence-electron chi connectivity index (χ4n) is 2.86. The third kappa shape index (κ3) is 2.89.